The number of hydrogen-bond acceptors (Lipinski definition) is 2. The largest absolute Gasteiger partial charge is 0.292 e. The van der Waals surface area contributed by atoms with Crippen LogP contribution in [0.4, 0.5) is 0 Å². The number of hydrogen-bond donors (Lipinski definition) is 0. The van der Waals surface area contributed by atoms with Crippen molar-refractivity contribution < 1.29 is 9.00 Å². The van der Waals surface area contributed by atoms with Gasteiger partial charge in [-0.05, 0) is 31.1 Å². The van der Waals surface area contributed by atoms with E-state index < -0.39 is 15.5 Å². The van der Waals surface area contributed by atoms with Crippen LogP contribution in [0.1, 0.15) is 39.0 Å². The number of halogens is 1. The molecule has 0 fully saturated rings. The lowest BCUT2D eigenvalue weighted by Crippen LogP contribution is -2.18. The minimum atomic E-state index is -1.50. The molecule has 0 N–H and O–H groups in total. The topological polar surface area (TPSA) is 34.1 Å². The van der Waals surface area contributed by atoms with Crippen LogP contribution in [0.5, 0.6) is 0 Å². The van der Waals surface area contributed by atoms with Gasteiger partial charge in [0, 0.05) is 4.90 Å². The molecular formula is C16H21ClO2S. The summed E-state index contributed by atoms with van der Waals surface area (Å²) in [7, 11) is -1.50. The van der Waals surface area contributed by atoms with Crippen molar-refractivity contribution in [3.63, 3.8) is 0 Å². The van der Waals surface area contributed by atoms with Gasteiger partial charge in [-0.15, -0.1) is 0 Å². The van der Waals surface area contributed by atoms with Gasteiger partial charge in [0.2, 0.25) is 0 Å². The maximum Gasteiger partial charge on any atom is 0.186 e. The first-order chi connectivity index (χ1) is 9.66. The van der Waals surface area contributed by atoms with Crippen molar-refractivity contribution in [1.29, 1.82) is 0 Å². The zero-order valence-corrected chi connectivity index (χ0v) is 13.3. The highest BCUT2D eigenvalue weighted by atomic mass is 35.5. The number of ketones is 1. The lowest BCUT2D eigenvalue weighted by molar-refractivity contribution is -0.113. The van der Waals surface area contributed by atoms with E-state index in [1.54, 1.807) is 24.3 Å². The summed E-state index contributed by atoms with van der Waals surface area (Å²) in [6.45, 7) is 2.16. The fourth-order valence-corrected chi connectivity index (χ4v) is 3.08. The summed E-state index contributed by atoms with van der Waals surface area (Å²) >= 11 is 5.98. The molecule has 0 radical (unpaired) electrons. The van der Waals surface area contributed by atoms with Crippen molar-refractivity contribution in [2.45, 2.75) is 48.6 Å². The molecule has 0 aliphatic rings. The van der Waals surface area contributed by atoms with E-state index in [1.165, 1.54) is 25.3 Å². The highest BCUT2D eigenvalue weighted by Crippen LogP contribution is 2.15. The SMILES string of the molecule is CCCCCC/C=C/C(=O)C(Cl)S(=O)c1ccccc1. The third-order valence-corrected chi connectivity index (χ3v) is 4.94. The Kier molecular flexibility index (Phi) is 8.47. The maximum absolute atomic E-state index is 12.1. The first kappa shape index (κ1) is 17.1. The van der Waals surface area contributed by atoms with Crippen LogP contribution in [0, 0.1) is 0 Å². The first-order valence-corrected chi connectivity index (χ1v) is 8.61. The van der Waals surface area contributed by atoms with E-state index in [0.717, 1.165) is 12.8 Å². The van der Waals surface area contributed by atoms with Crippen LogP contribution in [-0.2, 0) is 15.6 Å². The van der Waals surface area contributed by atoms with Crippen molar-refractivity contribution in [1.82, 2.24) is 0 Å². The zero-order chi connectivity index (χ0) is 14.8. The van der Waals surface area contributed by atoms with Gasteiger partial charge in [0.05, 0.1) is 10.8 Å². The summed E-state index contributed by atoms with van der Waals surface area (Å²) in [5.41, 5.74) is 0. The number of alkyl halides is 1. The summed E-state index contributed by atoms with van der Waals surface area (Å²) < 4.78 is 11.1. The molecule has 0 aromatic heterocycles. The average Bonchev–Trinajstić information content (AvgIpc) is 2.50. The second kappa shape index (κ2) is 9.89. The lowest BCUT2D eigenvalue weighted by Gasteiger charge is -2.05. The highest BCUT2D eigenvalue weighted by Gasteiger charge is 2.21. The molecule has 2 nitrogen and oxygen atoms in total. The second-order valence-corrected chi connectivity index (χ2v) is 6.81. The second-order valence-electron chi connectivity index (χ2n) is 4.58. The number of carbonyl (C=O) groups excluding carboxylic acids is 1. The van der Waals surface area contributed by atoms with Gasteiger partial charge in [0.15, 0.2) is 10.5 Å². The van der Waals surface area contributed by atoms with Gasteiger partial charge in [0.1, 0.15) is 0 Å². The molecule has 0 aliphatic heterocycles. The highest BCUT2D eigenvalue weighted by molar-refractivity contribution is 7.88. The maximum atomic E-state index is 12.1. The Labute approximate surface area is 128 Å². The molecular weight excluding hydrogens is 292 g/mol. The fourth-order valence-electron chi connectivity index (χ4n) is 1.74. The molecule has 0 heterocycles. The Hall–Kier alpha value is -0.930. The predicted octanol–water partition coefficient (Wildman–Crippen LogP) is 4.45. The van der Waals surface area contributed by atoms with Crippen molar-refractivity contribution in [2.75, 3.05) is 0 Å². The molecule has 4 heteroatoms. The Bertz CT molecular complexity index is 457. The van der Waals surface area contributed by atoms with E-state index in [9.17, 15) is 9.00 Å². The van der Waals surface area contributed by atoms with Gasteiger partial charge < -0.3 is 0 Å². The number of carbonyl (C=O) groups is 1. The molecule has 110 valence electrons. The summed E-state index contributed by atoms with van der Waals surface area (Å²) in [4.78, 5) is 12.4. The smallest absolute Gasteiger partial charge is 0.186 e. The Morgan fingerprint density at radius 2 is 1.95 bits per heavy atom. The number of allylic oxidation sites excluding steroid dienone is 2. The van der Waals surface area contributed by atoms with E-state index in [1.807, 2.05) is 12.1 Å². The Morgan fingerprint density at radius 1 is 1.25 bits per heavy atom. The van der Waals surface area contributed by atoms with E-state index in [4.69, 9.17) is 11.6 Å². The Morgan fingerprint density at radius 3 is 2.60 bits per heavy atom. The molecule has 2 atom stereocenters. The number of unbranched alkanes of at least 4 members (excludes halogenated alkanes) is 4. The van der Waals surface area contributed by atoms with Crippen molar-refractivity contribution in [2.24, 2.45) is 0 Å². The van der Waals surface area contributed by atoms with Crippen LogP contribution in [0.3, 0.4) is 0 Å². The summed E-state index contributed by atoms with van der Waals surface area (Å²) in [6.07, 6.45) is 8.83. The van der Waals surface area contributed by atoms with Crippen molar-refractivity contribution in [3.05, 3.63) is 42.5 Å². The molecule has 0 bridgehead atoms. The van der Waals surface area contributed by atoms with Gasteiger partial charge >= 0.3 is 0 Å². The molecule has 1 aromatic rings. The molecule has 0 aliphatic carbocycles. The summed E-state index contributed by atoms with van der Waals surface area (Å²) in [5.74, 6) is -0.288. The monoisotopic (exact) mass is 312 g/mol. The molecule has 20 heavy (non-hydrogen) atoms. The zero-order valence-electron chi connectivity index (χ0n) is 11.8. The van der Waals surface area contributed by atoms with Crippen LogP contribution >= 0.6 is 11.6 Å². The number of benzene rings is 1. The molecule has 0 amide bonds. The van der Waals surface area contributed by atoms with Gasteiger partial charge in [-0.2, -0.15) is 0 Å². The minimum absolute atomic E-state index is 0.288. The normalized spacial score (nSPS) is 14.3. The number of rotatable bonds is 9. The average molecular weight is 313 g/mol. The molecule has 0 saturated heterocycles. The standard InChI is InChI=1S/C16H21ClO2S/c1-2-3-4-5-6-10-13-15(18)16(17)20(19)14-11-8-7-9-12-14/h7-13,16H,2-6H2,1H3/b13-10+. The van der Waals surface area contributed by atoms with Crippen LogP contribution < -0.4 is 0 Å². The first-order valence-electron chi connectivity index (χ1n) is 6.97. The van der Waals surface area contributed by atoms with E-state index >= 15 is 0 Å². The quantitative estimate of drug-likeness (QED) is 0.383. The molecule has 0 spiro atoms. The van der Waals surface area contributed by atoms with Crippen LogP contribution in [-0.4, -0.2) is 14.7 Å². The van der Waals surface area contributed by atoms with Gasteiger partial charge in [-0.1, -0.05) is 62.1 Å². The summed E-state index contributed by atoms with van der Waals surface area (Å²) in [5, 5.41) is 0. The third kappa shape index (κ3) is 6.02. The predicted molar refractivity (Wildman–Crippen MR) is 85.4 cm³/mol. The lowest BCUT2D eigenvalue weighted by atomic mass is 10.1. The van der Waals surface area contributed by atoms with E-state index in [2.05, 4.69) is 6.92 Å². The van der Waals surface area contributed by atoms with E-state index in [0.29, 0.717) is 4.90 Å². The molecule has 1 rings (SSSR count). The van der Waals surface area contributed by atoms with Crippen LogP contribution in [0.15, 0.2) is 47.4 Å². The molecule has 0 saturated carbocycles. The van der Waals surface area contributed by atoms with Gasteiger partial charge in [-0.3, -0.25) is 9.00 Å². The minimum Gasteiger partial charge on any atom is -0.292 e. The fraction of sp³-hybridized carbons (Fsp3) is 0.438. The Balaban J connectivity index is 2.43. The van der Waals surface area contributed by atoms with Crippen LogP contribution in [0.2, 0.25) is 0 Å². The van der Waals surface area contributed by atoms with Gasteiger partial charge in [-0.25, -0.2) is 0 Å². The third-order valence-electron chi connectivity index (χ3n) is 2.89. The van der Waals surface area contributed by atoms with Crippen molar-refractivity contribution >= 4 is 28.2 Å². The summed E-state index contributed by atoms with van der Waals surface area (Å²) in [6, 6.07) is 8.83. The van der Waals surface area contributed by atoms with Crippen molar-refractivity contribution in [3.8, 4) is 0 Å². The van der Waals surface area contributed by atoms with E-state index in [-0.39, 0.29) is 5.78 Å². The van der Waals surface area contributed by atoms with Gasteiger partial charge in [0.25, 0.3) is 0 Å². The molecule has 2 unspecified atom stereocenters. The van der Waals surface area contributed by atoms with Crippen LogP contribution in [0.25, 0.3) is 0 Å². The molecule has 1 aromatic carbocycles.